The predicted molar refractivity (Wildman–Crippen MR) is 67.5 cm³/mol. The van der Waals surface area contributed by atoms with E-state index in [0.29, 0.717) is 0 Å². The summed E-state index contributed by atoms with van der Waals surface area (Å²) in [4.78, 5) is 0. The number of ether oxygens (including phenoxy) is 3. The molecule has 0 amide bonds. The second-order valence-electron chi connectivity index (χ2n) is 5.50. The van der Waals surface area contributed by atoms with E-state index in [1.165, 1.54) is 0 Å². The number of aliphatic hydroxyl groups is 7. The fourth-order valence-electron chi connectivity index (χ4n) is 2.54. The van der Waals surface area contributed by atoms with Crippen molar-refractivity contribution in [3.8, 4) is 0 Å². The molecule has 0 spiro atoms. The molecular formula is C12H21FO10. The number of halogens is 1. The number of hydrogen-bond acceptors (Lipinski definition) is 10. The van der Waals surface area contributed by atoms with Crippen LogP contribution in [0, 0.1) is 0 Å². The van der Waals surface area contributed by atoms with Crippen LogP contribution in [-0.4, -0.2) is 110 Å². The first-order chi connectivity index (χ1) is 10.8. The first-order valence-electron chi connectivity index (χ1n) is 7.03. The van der Waals surface area contributed by atoms with Crippen LogP contribution in [0.1, 0.15) is 0 Å². The van der Waals surface area contributed by atoms with Crippen molar-refractivity contribution in [3.63, 3.8) is 0 Å². The summed E-state index contributed by atoms with van der Waals surface area (Å²) in [6.45, 7) is -1.86. The van der Waals surface area contributed by atoms with Crippen LogP contribution in [0.5, 0.6) is 0 Å². The third kappa shape index (κ3) is 3.64. The Morgan fingerprint density at radius 2 is 1.43 bits per heavy atom. The minimum Gasteiger partial charge on any atom is -0.394 e. The maximum absolute atomic E-state index is 12.8. The van der Waals surface area contributed by atoms with Crippen LogP contribution in [0.4, 0.5) is 4.39 Å². The van der Waals surface area contributed by atoms with Crippen LogP contribution in [0.15, 0.2) is 0 Å². The van der Waals surface area contributed by atoms with E-state index in [2.05, 4.69) is 0 Å². The van der Waals surface area contributed by atoms with Gasteiger partial charge in [0.05, 0.1) is 6.61 Å². The standard InChI is InChI=1S/C12H21FO10/c13-1-3-5(15)7(17)8(18)12(22-3)23-10-6(16)4(2-14)21-11(20)9(10)19/h3-12,14-20H,1-2H2/t3-,4-,5-,6-,7+,8+,9+,10+,11+,12-/m1/s1. The first kappa shape index (κ1) is 18.9. The van der Waals surface area contributed by atoms with E-state index in [1.54, 1.807) is 0 Å². The van der Waals surface area contributed by atoms with Crippen molar-refractivity contribution in [2.24, 2.45) is 0 Å². The average Bonchev–Trinajstić information content (AvgIpc) is 2.54. The first-order valence-corrected chi connectivity index (χ1v) is 7.03. The monoisotopic (exact) mass is 344 g/mol. The fourth-order valence-corrected chi connectivity index (χ4v) is 2.54. The lowest BCUT2D eigenvalue weighted by molar-refractivity contribution is -0.354. The van der Waals surface area contributed by atoms with E-state index >= 15 is 0 Å². The zero-order valence-electron chi connectivity index (χ0n) is 11.9. The van der Waals surface area contributed by atoms with Gasteiger partial charge in [0.15, 0.2) is 12.6 Å². The van der Waals surface area contributed by atoms with Crippen molar-refractivity contribution in [2.75, 3.05) is 13.3 Å². The van der Waals surface area contributed by atoms with Gasteiger partial charge in [-0.05, 0) is 0 Å². The molecule has 7 N–H and O–H groups in total. The van der Waals surface area contributed by atoms with E-state index in [1.807, 2.05) is 0 Å². The van der Waals surface area contributed by atoms with Gasteiger partial charge in [-0.15, -0.1) is 0 Å². The van der Waals surface area contributed by atoms with Crippen LogP contribution in [0.3, 0.4) is 0 Å². The predicted octanol–water partition coefficient (Wildman–Crippen LogP) is -4.42. The molecule has 0 aromatic carbocycles. The third-order valence-electron chi connectivity index (χ3n) is 3.95. The molecule has 0 saturated carbocycles. The third-order valence-corrected chi connectivity index (χ3v) is 3.95. The summed E-state index contributed by atoms with van der Waals surface area (Å²) in [6, 6.07) is 0. The van der Waals surface area contributed by atoms with Crippen LogP contribution in [0.25, 0.3) is 0 Å². The number of hydrogen-bond donors (Lipinski definition) is 7. The molecule has 0 unspecified atom stereocenters. The van der Waals surface area contributed by atoms with Crippen molar-refractivity contribution < 1.29 is 54.3 Å². The molecule has 0 aromatic rings. The van der Waals surface area contributed by atoms with Crippen molar-refractivity contribution in [3.05, 3.63) is 0 Å². The van der Waals surface area contributed by atoms with Crippen LogP contribution < -0.4 is 0 Å². The molecule has 0 radical (unpaired) electrons. The summed E-state index contributed by atoms with van der Waals surface area (Å²) < 4.78 is 27.7. The quantitative estimate of drug-likeness (QED) is 0.264. The van der Waals surface area contributed by atoms with Crippen LogP contribution in [0.2, 0.25) is 0 Å². The highest BCUT2D eigenvalue weighted by Gasteiger charge is 2.50. The summed E-state index contributed by atoms with van der Waals surface area (Å²) in [7, 11) is 0. The Morgan fingerprint density at radius 3 is 2.00 bits per heavy atom. The fraction of sp³-hybridized carbons (Fsp3) is 1.00. The lowest BCUT2D eigenvalue weighted by Crippen LogP contribution is -2.64. The molecular weight excluding hydrogens is 323 g/mol. The van der Waals surface area contributed by atoms with Crippen molar-refractivity contribution >= 4 is 0 Å². The Morgan fingerprint density at radius 1 is 0.783 bits per heavy atom. The topological polar surface area (TPSA) is 169 Å². The van der Waals surface area contributed by atoms with Gasteiger partial charge in [0.1, 0.15) is 55.5 Å². The maximum atomic E-state index is 12.8. The zero-order chi connectivity index (χ0) is 17.3. The Kier molecular flexibility index (Phi) is 6.24. The lowest BCUT2D eigenvalue weighted by atomic mass is 9.97. The van der Waals surface area contributed by atoms with E-state index in [-0.39, 0.29) is 0 Å². The molecule has 2 fully saturated rings. The van der Waals surface area contributed by atoms with Gasteiger partial charge in [-0.25, -0.2) is 4.39 Å². The van der Waals surface area contributed by atoms with Gasteiger partial charge in [0.25, 0.3) is 0 Å². The molecule has 10 atom stereocenters. The van der Waals surface area contributed by atoms with E-state index in [0.717, 1.165) is 0 Å². The Balaban J connectivity index is 2.11. The minimum atomic E-state index is -1.79. The molecule has 23 heavy (non-hydrogen) atoms. The molecule has 2 aliphatic rings. The Labute approximate surface area is 130 Å². The molecule has 2 rings (SSSR count). The zero-order valence-corrected chi connectivity index (χ0v) is 11.9. The second-order valence-corrected chi connectivity index (χ2v) is 5.50. The minimum absolute atomic E-state index is 0.687. The Bertz CT molecular complexity index is 385. The van der Waals surface area contributed by atoms with Gasteiger partial charge in [0.2, 0.25) is 0 Å². The van der Waals surface area contributed by atoms with Crippen LogP contribution >= 0.6 is 0 Å². The van der Waals surface area contributed by atoms with Crippen LogP contribution in [-0.2, 0) is 14.2 Å². The normalized spacial score (nSPS) is 51.7. The SMILES string of the molecule is OC[C@H]1O[C@H](O)[C@@H](O)[C@@H](O[C@H]2O[C@H](CF)[C@@H](O)[C@H](O)[C@@H]2O)[C@@H]1O. The summed E-state index contributed by atoms with van der Waals surface area (Å²) in [6.07, 6.45) is -16.4. The summed E-state index contributed by atoms with van der Waals surface area (Å²) in [5, 5.41) is 67.4. The molecule has 2 aliphatic heterocycles. The maximum Gasteiger partial charge on any atom is 0.187 e. The number of aliphatic hydroxyl groups excluding tert-OH is 7. The van der Waals surface area contributed by atoms with Crippen molar-refractivity contribution in [1.82, 2.24) is 0 Å². The molecule has 0 bridgehead atoms. The van der Waals surface area contributed by atoms with Gasteiger partial charge in [-0.2, -0.15) is 0 Å². The van der Waals surface area contributed by atoms with Crippen molar-refractivity contribution in [1.29, 1.82) is 0 Å². The number of rotatable bonds is 4. The van der Waals surface area contributed by atoms with E-state index < -0.39 is 74.7 Å². The van der Waals surface area contributed by atoms with E-state index in [9.17, 15) is 35.0 Å². The van der Waals surface area contributed by atoms with Gasteiger partial charge in [-0.3, -0.25) is 0 Å². The highest BCUT2D eigenvalue weighted by Crippen LogP contribution is 2.28. The molecule has 0 aliphatic carbocycles. The van der Waals surface area contributed by atoms with Gasteiger partial charge in [0, 0.05) is 0 Å². The molecule has 11 heteroatoms. The second kappa shape index (κ2) is 7.61. The molecule has 10 nitrogen and oxygen atoms in total. The van der Waals surface area contributed by atoms with Gasteiger partial charge in [-0.1, -0.05) is 0 Å². The highest BCUT2D eigenvalue weighted by molar-refractivity contribution is 4.93. The molecule has 136 valence electrons. The van der Waals surface area contributed by atoms with Crippen molar-refractivity contribution in [2.45, 2.75) is 61.4 Å². The van der Waals surface area contributed by atoms with Gasteiger partial charge < -0.3 is 50.0 Å². The Hall–Kier alpha value is -0.470. The largest absolute Gasteiger partial charge is 0.394 e. The average molecular weight is 344 g/mol. The molecule has 0 aromatic heterocycles. The summed E-state index contributed by atoms with van der Waals surface area (Å²) in [5.74, 6) is 0. The molecule has 2 saturated heterocycles. The number of alkyl halides is 1. The van der Waals surface area contributed by atoms with Gasteiger partial charge >= 0.3 is 0 Å². The van der Waals surface area contributed by atoms with E-state index in [4.69, 9.17) is 19.3 Å². The summed E-state index contributed by atoms with van der Waals surface area (Å²) >= 11 is 0. The molecule has 2 heterocycles. The summed E-state index contributed by atoms with van der Waals surface area (Å²) in [5.41, 5.74) is 0. The smallest absolute Gasteiger partial charge is 0.187 e. The lowest BCUT2D eigenvalue weighted by Gasteiger charge is -2.45. The highest BCUT2D eigenvalue weighted by atomic mass is 19.1.